The van der Waals surface area contributed by atoms with E-state index in [1.807, 2.05) is 0 Å². The number of rotatable bonds is 1. The topological polar surface area (TPSA) is 40.5 Å². The van der Waals surface area contributed by atoms with Gasteiger partial charge in [-0.05, 0) is 6.07 Å². The second-order valence-corrected chi connectivity index (χ2v) is 1.79. The van der Waals surface area contributed by atoms with Gasteiger partial charge in [-0.15, -0.1) is 0 Å². The molecule has 0 aromatic heterocycles. The molecule has 0 bridgehead atoms. The van der Waals surface area contributed by atoms with Crippen LogP contribution in [-0.4, -0.2) is 37.5 Å². The van der Waals surface area contributed by atoms with Crippen LogP contribution < -0.4 is 0 Å². The number of para-hydroxylation sites is 1. The molecule has 0 aliphatic carbocycles. The fraction of sp³-hybridized carbons (Fsp3) is 0.143. The van der Waals surface area contributed by atoms with Gasteiger partial charge in [-0.2, -0.15) is 0 Å². The first-order valence-electron chi connectivity index (χ1n) is 2.72. The number of aliphatic hydroxyl groups is 1. The molecular formula is C7H8O2Pb. The van der Waals surface area contributed by atoms with Crippen molar-refractivity contribution in [2.45, 2.75) is 6.61 Å². The van der Waals surface area contributed by atoms with E-state index in [-0.39, 0.29) is 39.7 Å². The molecule has 52 valence electrons. The minimum atomic E-state index is -0.104. The minimum absolute atomic E-state index is 0. The summed E-state index contributed by atoms with van der Waals surface area (Å²) in [6, 6.07) is 6.71. The maximum Gasteiger partial charge on any atom is 0.121 e. The van der Waals surface area contributed by atoms with Crippen molar-refractivity contribution in [2.75, 3.05) is 0 Å². The van der Waals surface area contributed by atoms with Crippen molar-refractivity contribution in [2.24, 2.45) is 0 Å². The Morgan fingerprint density at radius 2 is 1.80 bits per heavy atom. The van der Waals surface area contributed by atoms with Crippen LogP contribution in [0.25, 0.3) is 0 Å². The van der Waals surface area contributed by atoms with Crippen LogP contribution in [0, 0.1) is 0 Å². The molecular weight excluding hydrogens is 323 g/mol. The smallest absolute Gasteiger partial charge is 0.121 e. The van der Waals surface area contributed by atoms with Crippen LogP contribution >= 0.6 is 0 Å². The largest absolute Gasteiger partial charge is 0.508 e. The molecule has 0 amide bonds. The number of aliphatic hydroxyl groups excluding tert-OH is 1. The first-order valence-corrected chi connectivity index (χ1v) is 2.72. The molecule has 0 atom stereocenters. The van der Waals surface area contributed by atoms with E-state index in [4.69, 9.17) is 10.2 Å². The van der Waals surface area contributed by atoms with E-state index in [1.165, 1.54) is 0 Å². The van der Waals surface area contributed by atoms with Crippen LogP contribution in [-0.2, 0) is 6.61 Å². The maximum absolute atomic E-state index is 8.95. The van der Waals surface area contributed by atoms with Gasteiger partial charge in [0.15, 0.2) is 0 Å². The van der Waals surface area contributed by atoms with Gasteiger partial charge in [-0.3, -0.25) is 0 Å². The average molecular weight is 331 g/mol. The Bertz CT molecular complexity index is 201. The van der Waals surface area contributed by atoms with E-state index in [0.29, 0.717) is 5.56 Å². The van der Waals surface area contributed by atoms with E-state index >= 15 is 0 Å². The van der Waals surface area contributed by atoms with Gasteiger partial charge in [0.25, 0.3) is 0 Å². The van der Waals surface area contributed by atoms with Crippen LogP contribution in [0.5, 0.6) is 5.75 Å². The quantitative estimate of drug-likeness (QED) is 0.736. The first-order chi connectivity index (χ1) is 4.34. The van der Waals surface area contributed by atoms with Gasteiger partial charge >= 0.3 is 0 Å². The van der Waals surface area contributed by atoms with Gasteiger partial charge in [0.1, 0.15) is 5.75 Å². The Kier molecular flexibility index (Phi) is 4.63. The standard InChI is InChI=1S/C7H8O2.Pb/c8-5-6-3-1-2-4-7(6)9;/h1-4,8-9H,5H2;. The number of aromatic hydroxyl groups is 1. The number of benzene rings is 1. The molecule has 0 heterocycles. The fourth-order valence-electron chi connectivity index (χ4n) is 0.645. The Morgan fingerprint density at radius 1 is 1.20 bits per heavy atom. The second kappa shape index (κ2) is 4.68. The molecule has 2 N–H and O–H groups in total. The predicted molar refractivity (Wildman–Crippen MR) is 39.8 cm³/mol. The molecule has 3 heteroatoms. The van der Waals surface area contributed by atoms with E-state index in [2.05, 4.69) is 0 Å². The number of hydrogen-bond acceptors (Lipinski definition) is 2. The van der Waals surface area contributed by atoms with Crippen molar-refractivity contribution >= 4 is 27.3 Å². The monoisotopic (exact) mass is 332 g/mol. The summed E-state index contributed by atoms with van der Waals surface area (Å²) in [6.07, 6.45) is 0. The molecule has 0 saturated carbocycles. The van der Waals surface area contributed by atoms with E-state index in [0.717, 1.165) is 0 Å². The summed E-state index contributed by atoms with van der Waals surface area (Å²) in [4.78, 5) is 0. The molecule has 4 radical (unpaired) electrons. The van der Waals surface area contributed by atoms with Crippen molar-refractivity contribution in [3.63, 3.8) is 0 Å². The van der Waals surface area contributed by atoms with Crippen molar-refractivity contribution in [3.8, 4) is 5.75 Å². The summed E-state index contributed by atoms with van der Waals surface area (Å²) in [6.45, 7) is -0.104. The summed E-state index contributed by atoms with van der Waals surface area (Å²) in [7, 11) is 0. The zero-order valence-electron chi connectivity index (χ0n) is 5.41. The van der Waals surface area contributed by atoms with E-state index < -0.39 is 0 Å². The molecule has 1 aromatic carbocycles. The van der Waals surface area contributed by atoms with Gasteiger partial charge in [0, 0.05) is 32.9 Å². The Labute approximate surface area is 79.7 Å². The van der Waals surface area contributed by atoms with Crippen LogP contribution in [0.1, 0.15) is 5.56 Å². The Balaban J connectivity index is 0.000000810. The predicted octanol–water partition coefficient (Wildman–Crippen LogP) is 0.504. The summed E-state index contributed by atoms with van der Waals surface area (Å²) < 4.78 is 0. The molecule has 0 spiro atoms. The minimum Gasteiger partial charge on any atom is -0.508 e. The average Bonchev–Trinajstić information content (AvgIpc) is 1.89. The molecule has 0 aliphatic rings. The number of hydrogen-bond donors (Lipinski definition) is 2. The molecule has 2 nitrogen and oxygen atoms in total. The van der Waals surface area contributed by atoms with E-state index in [1.54, 1.807) is 24.3 Å². The molecule has 1 rings (SSSR count). The Hall–Kier alpha value is -0.0979. The first kappa shape index (κ1) is 9.90. The van der Waals surface area contributed by atoms with Gasteiger partial charge in [-0.1, -0.05) is 18.2 Å². The van der Waals surface area contributed by atoms with Gasteiger partial charge < -0.3 is 10.2 Å². The summed E-state index contributed by atoms with van der Waals surface area (Å²) in [5, 5.41) is 17.5. The van der Waals surface area contributed by atoms with Crippen LogP contribution in [0.2, 0.25) is 0 Å². The second-order valence-electron chi connectivity index (χ2n) is 1.79. The van der Waals surface area contributed by atoms with Crippen LogP contribution in [0.3, 0.4) is 0 Å². The maximum atomic E-state index is 8.95. The molecule has 0 aliphatic heterocycles. The third-order valence-corrected chi connectivity index (χ3v) is 1.16. The summed E-state index contributed by atoms with van der Waals surface area (Å²) in [5.74, 6) is 0.153. The zero-order chi connectivity index (χ0) is 6.69. The summed E-state index contributed by atoms with van der Waals surface area (Å²) >= 11 is 0. The van der Waals surface area contributed by atoms with Gasteiger partial charge in [0.2, 0.25) is 0 Å². The number of phenols is 1. The SMILES string of the molecule is OCc1ccccc1O.[Pb]. The normalized spacial score (nSPS) is 8.50. The molecule has 0 unspecified atom stereocenters. The van der Waals surface area contributed by atoms with Crippen molar-refractivity contribution < 1.29 is 10.2 Å². The van der Waals surface area contributed by atoms with Crippen LogP contribution in [0.15, 0.2) is 24.3 Å². The van der Waals surface area contributed by atoms with Crippen molar-refractivity contribution in [1.29, 1.82) is 0 Å². The van der Waals surface area contributed by atoms with E-state index in [9.17, 15) is 0 Å². The third-order valence-electron chi connectivity index (χ3n) is 1.16. The van der Waals surface area contributed by atoms with Gasteiger partial charge in [-0.25, -0.2) is 0 Å². The molecule has 0 saturated heterocycles. The molecule has 10 heavy (non-hydrogen) atoms. The van der Waals surface area contributed by atoms with Crippen molar-refractivity contribution in [1.82, 2.24) is 0 Å². The van der Waals surface area contributed by atoms with Crippen molar-refractivity contribution in [3.05, 3.63) is 29.8 Å². The fourth-order valence-corrected chi connectivity index (χ4v) is 0.645. The molecule has 1 aromatic rings. The third kappa shape index (κ3) is 2.26. The zero-order valence-corrected chi connectivity index (χ0v) is 9.30. The van der Waals surface area contributed by atoms with Crippen LogP contribution in [0.4, 0.5) is 0 Å². The Morgan fingerprint density at radius 3 is 2.20 bits per heavy atom. The van der Waals surface area contributed by atoms with Gasteiger partial charge in [0.05, 0.1) is 6.61 Å². The molecule has 0 fully saturated rings. The summed E-state index contributed by atoms with van der Waals surface area (Å²) in [5.41, 5.74) is 0.567.